The van der Waals surface area contributed by atoms with Crippen LogP contribution < -0.4 is 9.64 Å². The van der Waals surface area contributed by atoms with Crippen LogP contribution in [-0.4, -0.2) is 24.5 Å². The number of carbonyl (C=O) groups is 1. The number of alkyl halides is 3. The van der Waals surface area contributed by atoms with Crippen molar-refractivity contribution in [2.75, 3.05) is 11.4 Å². The molecule has 1 fully saturated rings. The number of aliphatic imine (C=N–C) groups is 1. The molecule has 8 heteroatoms. The average molecular weight is 380 g/mol. The Morgan fingerprint density at radius 2 is 1.96 bits per heavy atom. The number of Topliss-reactive ketones (excluding diaryl/α,β-unsaturated/α-hetero) is 1. The third-order valence-corrected chi connectivity index (χ3v) is 5.70. The number of nitrogens with zero attached hydrogens (tertiary/aromatic N) is 2. The third-order valence-electron chi connectivity index (χ3n) is 4.76. The van der Waals surface area contributed by atoms with Gasteiger partial charge in [-0.25, -0.2) is 4.99 Å². The van der Waals surface area contributed by atoms with Crippen LogP contribution in [-0.2, 0) is 0 Å². The minimum absolute atomic E-state index is 0.0568. The minimum Gasteiger partial charge on any atom is -0.406 e. The summed E-state index contributed by atoms with van der Waals surface area (Å²) < 4.78 is 40.8. The van der Waals surface area contributed by atoms with Gasteiger partial charge in [0.15, 0.2) is 5.78 Å². The molecule has 136 valence electrons. The second-order valence-electron chi connectivity index (χ2n) is 6.62. The lowest BCUT2D eigenvalue weighted by atomic mass is 9.79. The molecule has 0 spiro atoms. The van der Waals surface area contributed by atoms with Crippen LogP contribution in [0.15, 0.2) is 35.3 Å². The monoisotopic (exact) mass is 380 g/mol. The largest absolute Gasteiger partial charge is 0.573 e. The van der Waals surface area contributed by atoms with Gasteiger partial charge < -0.3 is 9.64 Å². The third kappa shape index (κ3) is 2.68. The fourth-order valence-corrected chi connectivity index (χ4v) is 4.35. The van der Waals surface area contributed by atoms with Crippen molar-refractivity contribution < 1.29 is 22.7 Å². The molecule has 2 aromatic rings. The van der Waals surface area contributed by atoms with E-state index in [1.807, 2.05) is 24.8 Å². The topological polar surface area (TPSA) is 41.9 Å². The fourth-order valence-electron chi connectivity index (χ4n) is 3.47. The van der Waals surface area contributed by atoms with Crippen molar-refractivity contribution in [3.63, 3.8) is 0 Å². The van der Waals surface area contributed by atoms with E-state index in [9.17, 15) is 18.0 Å². The van der Waals surface area contributed by atoms with E-state index < -0.39 is 11.8 Å². The van der Waals surface area contributed by atoms with E-state index in [-0.39, 0.29) is 11.5 Å². The van der Waals surface area contributed by atoms with Gasteiger partial charge in [-0.05, 0) is 50.6 Å². The summed E-state index contributed by atoms with van der Waals surface area (Å²) in [5.41, 5.74) is 0.642. The number of anilines is 1. The number of carbonyl (C=O) groups excluding carboxylic acids is 1. The second kappa shape index (κ2) is 5.57. The Bertz CT molecular complexity index is 918. The quantitative estimate of drug-likeness (QED) is 0.728. The highest BCUT2D eigenvalue weighted by molar-refractivity contribution is 7.16. The van der Waals surface area contributed by atoms with Crippen LogP contribution in [0.5, 0.6) is 5.75 Å². The van der Waals surface area contributed by atoms with E-state index >= 15 is 0 Å². The van der Waals surface area contributed by atoms with E-state index in [0.29, 0.717) is 35.1 Å². The molecule has 0 radical (unpaired) electrons. The summed E-state index contributed by atoms with van der Waals surface area (Å²) in [6.07, 6.45) is -4.11. The summed E-state index contributed by atoms with van der Waals surface area (Å²) in [6.45, 7) is 4.39. The summed E-state index contributed by atoms with van der Waals surface area (Å²) >= 11 is 1.47. The lowest BCUT2D eigenvalue weighted by molar-refractivity contribution is -0.274. The zero-order chi connectivity index (χ0) is 18.7. The molecule has 26 heavy (non-hydrogen) atoms. The van der Waals surface area contributed by atoms with Crippen LogP contribution in [0.3, 0.4) is 0 Å². The molecule has 1 aromatic carbocycles. The van der Waals surface area contributed by atoms with Crippen LogP contribution in [0.4, 0.5) is 23.9 Å². The number of hydrogen-bond acceptors (Lipinski definition) is 5. The fraction of sp³-hybridized carbons (Fsp3) is 0.333. The summed E-state index contributed by atoms with van der Waals surface area (Å²) in [5.74, 6) is 0.434. The Balaban J connectivity index is 1.69. The maximum atomic E-state index is 13.0. The molecular formula is C18H15F3N2O2S. The van der Waals surface area contributed by atoms with Crippen molar-refractivity contribution in [2.45, 2.75) is 26.6 Å². The van der Waals surface area contributed by atoms with Crippen LogP contribution in [0, 0.1) is 12.3 Å². The van der Waals surface area contributed by atoms with Crippen molar-refractivity contribution >= 4 is 33.6 Å². The van der Waals surface area contributed by atoms with Gasteiger partial charge in [0, 0.05) is 17.1 Å². The molecule has 2 aliphatic heterocycles. The van der Waals surface area contributed by atoms with Crippen molar-refractivity contribution in [3.05, 3.63) is 40.8 Å². The molecule has 1 atom stereocenters. The van der Waals surface area contributed by atoms with Gasteiger partial charge in [-0.1, -0.05) is 0 Å². The Hall–Kier alpha value is -2.35. The molecule has 1 saturated heterocycles. The normalized spacial score (nSPS) is 22.1. The smallest absolute Gasteiger partial charge is 0.406 e. The summed E-state index contributed by atoms with van der Waals surface area (Å²) in [5, 5.41) is 0.698. The Labute approximate surface area is 151 Å². The van der Waals surface area contributed by atoms with Gasteiger partial charge >= 0.3 is 6.36 Å². The Morgan fingerprint density at radius 1 is 1.27 bits per heavy atom. The van der Waals surface area contributed by atoms with Crippen molar-refractivity contribution in [2.24, 2.45) is 10.4 Å². The molecule has 1 aromatic heterocycles. The minimum atomic E-state index is -4.72. The van der Waals surface area contributed by atoms with Gasteiger partial charge in [-0.15, -0.1) is 24.5 Å². The van der Waals surface area contributed by atoms with Crippen molar-refractivity contribution in [1.82, 2.24) is 0 Å². The van der Waals surface area contributed by atoms with Crippen molar-refractivity contribution in [1.29, 1.82) is 0 Å². The number of hydrogen-bond donors (Lipinski definition) is 0. The van der Waals surface area contributed by atoms with Crippen LogP contribution in [0.1, 0.15) is 28.6 Å². The van der Waals surface area contributed by atoms with E-state index in [1.165, 1.54) is 23.5 Å². The molecule has 4 nitrogen and oxygen atoms in total. The predicted molar refractivity (Wildman–Crippen MR) is 93.7 cm³/mol. The zero-order valence-electron chi connectivity index (χ0n) is 14.1. The van der Waals surface area contributed by atoms with Gasteiger partial charge in [0.25, 0.3) is 0 Å². The Morgan fingerprint density at radius 3 is 2.62 bits per heavy atom. The number of halogens is 3. The number of ketones is 1. The van der Waals surface area contributed by atoms with Gasteiger partial charge in [0.05, 0.1) is 11.0 Å². The number of fused-ring (bicyclic) bond motifs is 2. The van der Waals surface area contributed by atoms with Gasteiger partial charge in [0.2, 0.25) is 0 Å². The van der Waals surface area contributed by atoms with Crippen LogP contribution in [0.25, 0.3) is 0 Å². The summed E-state index contributed by atoms with van der Waals surface area (Å²) in [7, 11) is 0. The molecule has 0 N–H and O–H groups in total. The lowest BCUT2D eigenvalue weighted by Crippen LogP contribution is -2.40. The summed E-state index contributed by atoms with van der Waals surface area (Å²) in [4.78, 5) is 20.6. The number of benzene rings is 1. The summed E-state index contributed by atoms with van der Waals surface area (Å²) in [6, 6.07) is 7.51. The molecule has 0 saturated carbocycles. The number of amidine groups is 1. The van der Waals surface area contributed by atoms with E-state index in [4.69, 9.17) is 4.99 Å². The molecule has 0 amide bonds. The first-order valence-electron chi connectivity index (χ1n) is 8.05. The highest BCUT2D eigenvalue weighted by Gasteiger charge is 2.50. The molecule has 4 rings (SSSR count). The standard InChI is InChI=1S/C18H15F3N2O2S/c1-10-9-13-14(24)17(2)7-8-23(16(17)22-15(13)26-10)11-3-5-12(6-4-11)25-18(19,20)21/h3-6,9H,7-8H2,1-2H3. The van der Waals surface area contributed by atoms with Crippen LogP contribution in [0.2, 0.25) is 0 Å². The number of ether oxygens (including phenoxy) is 1. The number of aryl methyl sites for hydroxylation is 1. The van der Waals surface area contributed by atoms with Gasteiger partial charge in [-0.3, -0.25) is 4.79 Å². The maximum absolute atomic E-state index is 13.0. The lowest BCUT2D eigenvalue weighted by Gasteiger charge is -2.29. The van der Waals surface area contributed by atoms with Gasteiger partial charge in [-0.2, -0.15) is 0 Å². The molecule has 0 bridgehead atoms. The number of thiophene rings is 1. The first-order chi connectivity index (χ1) is 12.2. The predicted octanol–water partition coefficient (Wildman–Crippen LogP) is 5.10. The highest BCUT2D eigenvalue weighted by Crippen LogP contribution is 2.47. The maximum Gasteiger partial charge on any atom is 0.573 e. The zero-order valence-corrected chi connectivity index (χ0v) is 14.9. The van der Waals surface area contributed by atoms with E-state index in [0.717, 1.165) is 4.88 Å². The second-order valence-corrected chi connectivity index (χ2v) is 7.85. The first kappa shape index (κ1) is 17.1. The SMILES string of the molecule is Cc1cc2c(s1)N=C1N(c3ccc(OC(F)(F)F)cc3)CCC1(C)C2=O. The average Bonchev–Trinajstić information content (AvgIpc) is 3.08. The molecule has 2 aliphatic rings. The van der Waals surface area contributed by atoms with Crippen LogP contribution >= 0.6 is 11.3 Å². The first-order valence-corrected chi connectivity index (χ1v) is 8.87. The molecule has 3 heterocycles. The van der Waals surface area contributed by atoms with E-state index in [1.54, 1.807) is 12.1 Å². The van der Waals surface area contributed by atoms with E-state index in [2.05, 4.69) is 4.74 Å². The molecule has 1 unspecified atom stereocenters. The highest BCUT2D eigenvalue weighted by atomic mass is 32.1. The Kier molecular flexibility index (Phi) is 3.66. The van der Waals surface area contributed by atoms with Crippen molar-refractivity contribution in [3.8, 4) is 5.75 Å². The van der Waals surface area contributed by atoms with Gasteiger partial charge in [0.1, 0.15) is 16.6 Å². The molecular weight excluding hydrogens is 365 g/mol. The number of rotatable bonds is 2. The molecule has 0 aliphatic carbocycles.